The molecule has 26 heavy (non-hydrogen) atoms. The zero-order valence-electron chi connectivity index (χ0n) is 17.4. The van der Waals surface area contributed by atoms with E-state index in [2.05, 4.69) is 13.8 Å². The first-order valence-corrected chi connectivity index (χ1v) is 10.6. The Morgan fingerprint density at radius 1 is 0.769 bits per heavy atom. The summed E-state index contributed by atoms with van der Waals surface area (Å²) in [6, 6.07) is 0. The fourth-order valence-electron chi connectivity index (χ4n) is 5.02. The van der Waals surface area contributed by atoms with Crippen molar-refractivity contribution in [1.82, 2.24) is 0 Å². The third-order valence-corrected chi connectivity index (χ3v) is 6.33. The average molecular weight is 369 g/mol. The highest BCUT2D eigenvalue weighted by Crippen LogP contribution is 2.57. The van der Waals surface area contributed by atoms with Crippen molar-refractivity contribution in [2.24, 2.45) is 22.7 Å². The van der Waals surface area contributed by atoms with Crippen molar-refractivity contribution in [3.63, 3.8) is 0 Å². The second-order valence-electron chi connectivity index (χ2n) is 9.28. The first kappa shape index (κ1) is 23.0. The quantitative estimate of drug-likeness (QED) is 0.406. The molecular weight excluding hydrogens is 328 g/mol. The zero-order valence-corrected chi connectivity index (χ0v) is 17.4. The summed E-state index contributed by atoms with van der Waals surface area (Å²) in [5, 5.41) is 20.2. The maximum absolute atomic E-state index is 12.4. The molecule has 0 bridgehead atoms. The predicted octanol–water partition coefficient (Wildman–Crippen LogP) is 6.14. The number of carbonyl (C=O) groups is 2. The molecule has 1 saturated carbocycles. The van der Waals surface area contributed by atoms with Crippen molar-refractivity contribution < 1.29 is 19.8 Å². The molecule has 0 spiro atoms. The highest BCUT2D eigenvalue weighted by atomic mass is 16.4. The maximum Gasteiger partial charge on any atom is 0.310 e. The first-order chi connectivity index (χ1) is 12.2. The van der Waals surface area contributed by atoms with Gasteiger partial charge in [0.2, 0.25) is 0 Å². The van der Waals surface area contributed by atoms with E-state index < -0.39 is 22.8 Å². The third-order valence-electron chi connectivity index (χ3n) is 6.33. The number of aliphatic carboxylic acids is 2. The Hall–Kier alpha value is -1.06. The minimum absolute atomic E-state index is 0.180. The molecule has 4 heteroatoms. The van der Waals surface area contributed by atoms with Gasteiger partial charge in [0.1, 0.15) is 0 Å². The fourth-order valence-corrected chi connectivity index (χ4v) is 5.02. The van der Waals surface area contributed by atoms with E-state index in [4.69, 9.17) is 0 Å². The number of carboxylic acid groups (broad SMARTS) is 2. The molecule has 1 aliphatic carbocycles. The van der Waals surface area contributed by atoms with Crippen LogP contribution in [0, 0.1) is 22.7 Å². The van der Waals surface area contributed by atoms with Crippen molar-refractivity contribution in [1.29, 1.82) is 0 Å². The summed E-state index contributed by atoms with van der Waals surface area (Å²) in [4.78, 5) is 24.7. The molecule has 2 unspecified atom stereocenters. The van der Waals surface area contributed by atoms with E-state index in [0.717, 1.165) is 38.0 Å². The molecule has 1 fully saturated rings. The first-order valence-electron chi connectivity index (χ1n) is 10.6. The van der Waals surface area contributed by atoms with Gasteiger partial charge in [0, 0.05) is 0 Å². The molecule has 1 rings (SSSR count). The standard InChI is InChI=1S/C22H40O4/c1-17(2)12-8-6-5-7-9-13-21(19(23)24)14-10-11-15-22(21,20(25)26)16-18(3)4/h17-18H,5-16H2,1-4H3,(H,23,24)(H,25,26). The van der Waals surface area contributed by atoms with Crippen LogP contribution in [0.25, 0.3) is 0 Å². The van der Waals surface area contributed by atoms with Crippen molar-refractivity contribution in [3.05, 3.63) is 0 Å². The molecule has 152 valence electrons. The Balaban J connectivity index is 2.80. The van der Waals surface area contributed by atoms with E-state index in [-0.39, 0.29) is 5.92 Å². The van der Waals surface area contributed by atoms with Gasteiger partial charge < -0.3 is 10.2 Å². The van der Waals surface area contributed by atoms with Gasteiger partial charge in [-0.3, -0.25) is 9.59 Å². The molecular formula is C22H40O4. The molecule has 0 aromatic heterocycles. The smallest absolute Gasteiger partial charge is 0.310 e. The maximum atomic E-state index is 12.4. The van der Waals surface area contributed by atoms with Gasteiger partial charge in [0.05, 0.1) is 10.8 Å². The van der Waals surface area contributed by atoms with Crippen molar-refractivity contribution in [2.45, 2.75) is 105 Å². The van der Waals surface area contributed by atoms with Gasteiger partial charge in [-0.15, -0.1) is 0 Å². The molecule has 0 heterocycles. The van der Waals surface area contributed by atoms with Crippen LogP contribution in [0.4, 0.5) is 0 Å². The molecule has 1 aliphatic rings. The monoisotopic (exact) mass is 368 g/mol. The Kier molecular flexibility index (Phi) is 9.12. The number of hydrogen-bond donors (Lipinski definition) is 2. The lowest BCUT2D eigenvalue weighted by atomic mass is 9.51. The molecule has 0 amide bonds. The van der Waals surface area contributed by atoms with Crippen molar-refractivity contribution in [2.75, 3.05) is 0 Å². The van der Waals surface area contributed by atoms with E-state index in [1.807, 2.05) is 13.8 Å². The molecule has 0 aromatic rings. The average Bonchev–Trinajstić information content (AvgIpc) is 2.54. The zero-order chi connectivity index (χ0) is 19.8. The predicted molar refractivity (Wildman–Crippen MR) is 105 cm³/mol. The van der Waals surface area contributed by atoms with E-state index in [1.165, 1.54) is 19.3 Å². The topological polar surface area (TPSA) is 74.6 Å². The molecule has 0 aromatic carbocycles. The van der Waals surface area contributed by atoms with Crippen LogP contribution in [0.15, 0.2) is 0 Å². The second kappa shape index (κ2) is 10.3. The van der Waals surface area contributed by atoms with Gasteiger partial charge in [-0.1, -0.05) is 79.1 Å². The minimum atomic E-state index is -1.11. The molecule has 4 nitrogen and oxygen atoms in total. The number of unbranched alkanes of at least 4 members (excludes halogenated alkanes) is 4. The van der Waals surface area contributed by atoms with Crippen LogP contribution in [-0.4, -0.2) is 22.2 Å². The normalized spacial score (nSPS) is 26.4. The van der Waals surface area contributed by atoms with Crippen LogP contribution in [-0.2, 0) is 9.59 Å². The van der Waals surface area contributed by atoms with Crippen LogP contribution < -0.4 is 0 Å². The summed E-state index contributed by atoms with van der Waals surface area (Å²) in [7, 11) is 0. The van der Waals surface area contributed by atoms with Gasteiger partial charge in [0.25, 0.3) is 0 Å². The largest absolute Gasteiger partial charge is 0.481 e. The summed E-state index contributed by atoms with van der Waals surface area (Å²) in [6.07, 6.45) is 10.2. The Labute approximate surface area is 159 Å². The highest BCUT2D eigenvalue weighted by molar-refractivity contribution is 5.87. The molecule has 2 N–H and O–H groups in total. The van der Waals surface area contributed by atoms with Gasteiger partial charge >= 0.3 is 11.9 Å². The van der Waals surface area contributed by atoms with Crippen molar-refractivity contribution >= 4 is 11.9 Å². The summed E-state index contributed by atoms with van der Waals surface area (Å²) in [6.45, 7) is 8.47. The van der Waals surface area contributed by atoms with Gasteiger partial charge in [-0.25, -0.2) is 0 Å². The lowest BCUT2D eigenvalue weighted by Crippen LogP contribution is -2.55. The number of rotatable bonds is 12. The fraction of sp³-hybridized carbons (Fsp3) is 0.909. The van der Waals surface area contributed by atoms with Crippen LogP contribution in [0.5, 0.6) is 0 Å². The van der Waals surface area contributed by atoms with Crippen molar-refractivity contribution in [3.8, 4) is 0 Å². The Bertz CT molecular complexity index is 457. The SMILES string of the molecule is CC(C)CCCCCCCC1(C(=O)O)CCCCC1(CC(C)C)C(=O)O. The molecule has 2 atom stereocenters. The summed E-state index contributed by atoms with van der Waals surface area (Å²) < 4.78 is 0. The van der Waals surface area contributed by atoms with Crippen LogP contribution in [0.1, 0.15) is 105 Å². The summed E-state index contributed by atoms with van der Waals surface area (Å²) in [5.74, 6) is -0.871. The van der Waals surface area contributed by atoms with E-state index in [1.54, 1.807) is 0 Å². The van der Waals surface area contributed by atoms with E-state index in [9.17, 15) is 19.8 Å². The van der Waals surface area contributed by atoms with Crippen LogP contribution in [0.2, 0.25) is 0 Å². The van der Waals surface area contributed by atoms with E-state index >= 15 is 0 Å². The molecule has 0 aliphatic heterocycles. The highest BCUT2D eigenvalue weighted by Gasteiger charge is 2.61. The van der Waals surface area contributed by atoms with Crippen LogP contribution >= 0.6 is 0 Å². The Morgan fingerprint density at radius 2 is 1.27 bits per heavy atom. The molecule has 0 radical (unpaired) electrons. The van der Waals surface area contributed by atoms with Crippen LogP contribution in [0.3, 0.4) is 0 Å². The number of hydrogen-bond acceptors (Lipinski definition) is 2. The van der Waals surface area contributed by atoms with Gasteiger partial charge in [-0.05, 0) is 37.5 Å². The van der Waals surface area contributed by atoms with E-state index in [0.29, 0.717) is 25.7 Å². The number of carboxylic acids is 2. The van der Waals surface area contributed by atoms with Gasteiger partial charge in [-0.2, -0.15) is 0 Å². The lowest BCUT2D eigenvalue weighted by molar-refractivity contribution is -0.183. The summed E-state index contributed by atoms with van der Waals surface area (Å²) in [5.41, 5.74) is -2.21. The molecule has 0 saturated heterocycles. The Morgan fingerprint density at radius 3 is 1.77 bits per heavy atom. The third kappa shape index (κ3) is 5.47. The second-order valence-corrected chi connectivity index (χ2v) is 9.28. The summed E-state index contributed by atoms with van der Waals surface area (Å²) >= 11 is 0. The van der Waals surface area contributed by atoms with Gasteiger partial charge in [0.15, 0.2) is 0 Å². The lowest BCUT2D eigenvalue weighted by Gasteiger charge is -2.49. The minimum Gasteiger partial charge on any atom is -0.481 e.